The number of nitrogens with zero attached hydrogens (tertiary/aromatic N) is 2. The molecule has 4 N–H and O–H groups in total. The van der Waals surface area contributed by atoms with E-state index in [1.807, 2.05) is 37.8 Å². The van der Waals surface area contributed by atoms with E-state index < -0.39 is 11.2 Å². The molecule has 1 aliphatic carbocycles. The Morgan fingerprint density at radius 1 is 1.23 bits per heavy atom. The van der Waals surface area contributed by atoms with Crippen molar-refractivity contribution in [2.24, 2.45) is 0 Å². The van der Waals surface area contributed by atoms with Gasteiger partial charge in [0.15, 0.2) is 10.8 Å². The second-order valence-electron chi connectivity index (χ2n) is 8.11. The fraction of sp³-hybridized carbons (Fsp3) is 0.500. The molecule has 0 amide bonds. The largest absolute Gasteiger partial charge is 0.383 e. The van der Waals surface area contributed by atoms with Gasteiger partial charge in [-0.25, -0.2) is 4.79 Å². The number of nitrogens with two attached hydrogens (primary N) is 1. The molecule has 0 unspecified atom stereocenters. The molecule has 0 saturated heterocycles. The Kier molecular flexibility index (Phi) is 6.97. The Labute approximate surface area is 182 Å². The van der Waals surface area contributed by atoms with Gasteiger partial charge in [-0.15, -0.1) is 0 Å². The molecular formula is C22H31N5O2S. The SMILES string of the molecule is CCCCn1c(N)c(N(C(=S)Nc2cc(C)cc(C)c2)C2CCCC2)c(=O)[nH]c1=O. The number of hydrogen-bond donors (Lipinski definition) is 3. The fourth-order valence-electron chi connectivity index (χ4n) is 4.19. The molecule has 0 atom stereocenters. The Morgan fingerprint density at radius 3 is 2.47 bits per heavy atom. The number of hydrogen-bond acceptors (Lipinski definition) is 4. The van der Waals surface area contributed by atoms with Crippen LogP contribution in [0, 0.1) is 13.8 Å². The minimum Gasteiger partial charge on any atom is -0.383 e. The average Bonchev–Trinajstić information content (AvgIpc) is 3.18. The zero-order valence-corrected chi connectivity index (χ0v) is 18.8. The molecule has 3 rings (SSSR count). The van der Waals surface area contributed by atoms with Crippen LogP contribution in [0.4, 0.5) is 17.2 Å². The van der Waals surface area contributed by atoms with Gasteiger partial charge in [-0.05, 0) is 68.6 Å². The van der Waals surface area contributed by atoms with Crippen molar-refractivity contribution < 1.29 is 0 Å². The Hall–Kier alpha value is -2.61. The quantitative estimate of drug-likeness (QED) is 0.606. The lowest BCUT2D eigenvalue weighted by molar-refractivity contribution is 0.601. The number of benzene rings is 1. The van der Waals surface area contributed by atoms with Crippen LogP contribution in [-0.4, -0.2) is 20.7 Å². The number of H-pyrrole nitrogens is 1. The summed E-state index contributed by atoms with van der Waals surface area (Å²) >= 11 is 5.76. The van der Waals surface area contributed by atoms with Gasteiger partial charge in [-0.3, -0.25) is 14.3 Å². The minimum absolute atomic E-state index is 0.0661. The number of aromatic nitrogens is 2. The van der Waals surface area contributed by atoms with E-state index in [2.05, 4.69) is 16.4 Å². The maximum atomic E-state index is 12.9. The summed E-state index contributed by atoms with van der Waals surface area (Å²) in [6, 6.07) is 6.19. The van der Waals surface area contributed by atoms with Crippen molar-refractivity contribution in [2.75, 3.05) is 16.0 Å². The van der Waals surface area contributed by atoms with E-state index >= 15 is 0 Å². The maximum Gasteiger partial charge on any atom is 0.330 e. The van der Waals surface area contributed by atoms with Gasteiger partial charge < -0.3 is 16.0 Å². The second-order valence-corrected chi connectivity index (χ2v) is 8.50. The predicted octanol–water partition coefficient (Wildman–Crippen LogP) is 3.68. The highest BCUT2D eigenvalue weighted by atomic mass is 32.1. The summed E-state index contributed by atoms with van der Waals surface area (Å²) < 4.78 is 1.45. The van der Waals surface area contributed by atoms with Crippen LogP contribution < -0.4 is 27.2 Å². The summed E-state index contributed by atoms with van der Waals surface area (Å²) in [5, 5.41) is 3.71. The first kappa shape index (κ1) is 22.1. The topological polar surface area (TPSA) is 96.2 Å². The number of nitrogens with one attached hydrogen (secondary N) is 2. The molecule has 1 aromatic carbocycles. The van der Waals surface area contributed by atoms with Crippen molar-refractivity contribution in [3.8, 4) is 0 Å². The molecular weight excluding hydrogens is 398 g/mol. The van der Waals surface area contributed by atoms with E-state index in [9.17, 15) is 9.59 Å². The maximum absolute atomic E-state index is 12.9. The lowest BCUT2D eigenvalue weighted by atomic mass is 10.1. The highest BCUT2D eigenvalue weighted by Crippen LogP contribution is 2.30. The van der Waals surface area contributed by atoms with E-state index in [4.69, 9.17) is 18.0 Å². The molecule has 0 bridgehead atoms. The first-order valence-corrected chi connectivity index (χ1v) is 11.0. The summed E-state index contributed by atoms with van der Waals surface area (Å²) in [5.74, 6) is 0.175. The molecule has 7 nitrogen and oxygen atoms in total. The van der Waals surface area contributed by atoms with Crippen molar-refractivity contribution in [3.05, 3.63) is 50.2 Å². The first-order valence-electron chi connectivity index (χ1n) is 10.6. The Balaban J connectivity index is 2.05. The third-order valence-electron chi connectivity index (χ3n) is 5.57. The average molecular weight is 430 g/mol. The van der Waals surface area contributed by atoms with Gasteiger partial charge in [0.25, 0.3) is 5.56 Å². The van der Waals surface area contributed by atoms with E-state index in [0.717, 1.165) is 55.3 Å². The lowest BCUT2D eigenvalue weighted by Gasteiger charge is -2.32. The van der Waals surface area contributed by atoms with E-state index in [0.29, 0.717) is 11.7 Å². The Bertz CT molecular complexity index is 1020. The molecule has 0 spiro atoms. The van der Waals surface area contributed by atoms with Crippen LogP contribution in [0.15, 0.2) is 27.8 Å². The van der Waals surface area contributed by atoms with Gasteiger partial charge in [0.05, 0.1) is 0 Å². The van der Waals surface area contributed by atoms with Crippen LogP contribution >= 0.6 is 12.2 Å². The van der Waals surface area contributed by atoms with Crippen LogP contribution in [-0.2, 0) is 6.54 Å². The number of thiocarbonyl (C=S) groups is 1. The van der Waals surface area contributed by atoms with Crippen molar-refractivity contribution in [2.45, 2.75) is 71.9 Å². The van der Waals surface area contributed by atoms with Gasteiger partial charge in [0, 0.05) is 18.3 Å². The number of nitrogen functional groups attached to an aromatic ring is 1. The van der Waals surface area contributed by atoms with Gasteiger partial charge in [-0.2, -0.15) is 0 Å². The van der Waals surface area contributed by atoms with E-state index in [-0.39, 0.29) is 17.5 Å². The molecule has 1 aliphatic rings. The highest BCUT2D eigenvalue weighted by molar-refractivity contribution is 7.80. The number of aryl methyl sites for hydroxylation is 2. The zero-order valence-electron chi connectivity index (χ0n) is 18.0. The number of unbranched alkanes of at least 4 members (excludes halogenated alkanes) is 1. The molecule has 8 heteroatoms. The second kappa shape index (κ2) is 9.47. The van der Waals surface area contributed by atoms with Gasteiger partial charge in [-0.1, -0.05) is 32.3 Å². The smallest absolute Gasteiger partial charge is 0.330 e. The number of aromatic amines is 1. The van der Waals surface area contributed by atoms with Gasteiger partial charge in [0.2, 0.25) is 0 Å². The molecule has 2 aromatic rings. The van der Waals surface area contributed by atoms with Crippen molar-refractivity contribution >= 4 is 34.5 Å². The molecule has 30 heavy (non-hydrogen) atoms. The van der Waals surface area contributed by atoms with E-state index in [1.54, 1.807) is 0 Å². The lowest BCUT2D eigenvalue weighted by Crippen LogP contribution is -2.47. The summed E-state index contributed by atoms with van der Waals surface area (Å²) in [7, 11) is 0. The zero-order chi connectivity index (χ0) is 21.8. The number of anilines is 3. The first-order chi connectivity index (χ1) is 14.3. The molecule has 162 valence electrons. The molecule has 1 fully saturated rings. The summed E-state index contributed by atoms with van der Waals surface area (Å²) in [5.41, 5.74) is 8.79. The van der Waals surface area contributed by atoms with Crippen LogP contribution in [0.25, 0.3) is 0 Å². The monoisotopic (exact) mass is 429 g/mol. The van der Waals surface area contributed by atoms with Crippen LogP contribution in [0.3, 0.4) is 0 Å². The van der Waals surface area contributed by atoms with Crippen molar-refractivity contribution in [1.82, 2.24) is 9.55 Å². The van der Waals surface area contributed by atoms with Gasteiger partial charge in [0.1, 0.15) is 5.82 Å². The normalized spacial score (nSPS) is 14.1. The summed E-state index contributed by atoms with van der Waals surface area (Å²) in [4.78, 5) is 29.5. The van der Waals surface area contributed by atoms with Crippen LogP contribution in [0.1, 0.15) is 56.6 Å². The molecule has 0 aliphatic heterocycles. The van der Waals surface area contributed by atoms with Crippen LogP contribution in [0.2, 0.25) is 0 Å². The molecule has 0 radical (unpaired) electrons. The summed E-state index contributed by atoms with van der Waals surface area (Å²) in [6.07, 6.45) is 5.69. The molecule has 1 saturated carbocycles. The standard InChI is InChI=1S/C22H31N5O2S/c1-4-5-10-26-19(23)18(20(28)25-21(26)29)27(17-8-6-7-9-17)22(30)24-16-12-14(2)11-15(3)13-16/h11-13,17H,4-10,23H2,1-3H3,(H,24,30)(H,25,28,29). The molecule has 1 aromatic heterocycles. The third-order valence-corrected chi connectivity index (χ3v) is 5.87. The highest BCUT2D eigenvalue weighted by Gasteiger charge is 2.31. The van der Waals surface area contributed by atoms with Crippen molar-refractivity contribution in [1.29, 1.82) is 0 Å². The third kappa shape index (κ3) is 4.75. The van der Waals surface area contributed by atoms with E-state index in [1.165, 1.54) is 4.57 Å². The van der Waals surface area contributed by atoms with Gasteiger partial charge >= 0.3 is 5.69 Å². The summed E-state index contributed by atoms with van der Waals surface area (Å²) in [6.45, 7) is 6.56. The molecule has 1 heterocycles. The Morgan fingerprint density at radius 2 is 1.87 bits per heavy atom. The fourth-order valence-corrected chi connectivity index (χ4v) is 4.55. The number of rotatable bonds is 6. The minimum atomic E-state index is -0.498. The van der Waals surface area contributed by atoms with Crippen molar-refractivity contribution in [3.63, 3.8) is 0 Å². The predicted molar refractivity (Wildman–Crippen MR) is 128 cm³/mol. The van der Waals surface area contributed by atoms with Crippen LogP contribution in [0.5, 0.6) is 0 Å².